The first-order chi connectivity index (χ1) is 8.24. The van der Waals surface area contributed by atoms with Crippen molar-refractivity contribution >= 4 is 23.6 Å². The molecule has 0 aliphatic carbocycles. The molecule has 1 aliphatic rings. The third kappa shape index (κ3) is 5.81. The van der Waals surface area contributed by atoms with Crippen LogP contribution >= 0.6 is 11.8 Å². The van der Waals surface area contributed by atoms with Crippen molar-refractivity contribution in [2.45, 2.75) is 19.8 Å². The van der Waals surface area contributed by atoms with Crippen molar-refractivity contribution in [1.29, 1.82) is 0 Å². The second-order valence-electron chi connectivity index (χ2n) is 3.94. The van der Waals surface area contributed by atoms with Gasteiger partial charge in [0.05, 0.1) is 6.54 Å². The van der Waals surface area contributed by atoms with Crippen LogP contribution in [0.15, 0.2) is 4.99 Å². The van der Waals surface area contributed by atoms with Gasteiger partial charge in [0.15, 0.2) is 5.96 Å². The van der Waals surface area contributed by atoms with Crippen molar-refractivity contribution in [3.63, 3.8) is 0 Å². The maximum Gasteiger partial charge on any atom is 0.221 e. The Morgan fingerprint density at radius 3 is 2.82 bits per heavy atom. The predicted molar refractivity (Wildman–Crippen MR) is 73.3 cm³/mol. The summed E-state index contributed by atoms with van der Waals surface area (Å²) in [7, 11) is 0. The van der Waals surface area contributed by atoms with Gasteiger partial charge in [-0.2, -0.15) is 11.8 Å². The lowest BCUT2D eigenvalue weighted by molar-refractivity contribution is -0.120. The fourth-order valence-electron chi connectivity index (χ4n) is 1.52. The number of thioether (sulfide) groups is 1. The minimum atomic E-state index is 0.0533. The van der Waals surface area contributed by atoms with E-state index in [1.165, 1.54) is 0 Å². The fraction of sp³-hybridized carbons (Fsp3) is 0.818. The Labute approximate surface area is 107 Å². The molecule has 1 heterocycles. The summed E-state index contributed by atoms with van der Waals surface area (Å²) in [6.07, 6.45) is 1.38. The second kappa shape index (κ2) is 8.22. The van der Waals surface area contributed by atoms with Gasteiger partial charge in [-0.3, -0.25) is 9.79 Å². The number of nitrogens with zero attached hydrogens (tertiary/aromatic N) is 2. The topological polar surface area (TPSA) is 70.7 Å². The number of amides is 1. The monoisotopic (exact) mass is 258 g/mol. The van der Waals surface area contributed by atoms with Gasteiger partial charge >= 0.3 is 0 Å². The number of carbonyl (C=O) groups excluding carboxylic acids is 1. The van der Waals surface area contributed by atoms with Crippen LogP contribution in [0.5, 0.6) is 0 Å². The summed E-state index contributed by atoms with van der Waals surface area (Å²) in [5.41, 5.74) is 5.87. The molecule has 0 aromatic carbocycles. The van der Waals surface area contributed by atoms with Gasteiger partial charge in [0.2, 0.25) is 5.91 Å². The lowest BCUT2D eigenvalue weighted by Gasteiger charge is -2.27. The van der Waals surface area contributed by atoms with Crippen LogP contribution in [0.25, 0.3) is 0 Å². The first-order valence-electron chi connectivity index (χ1n) is 6.13. The highest BCUT2D eigenvalue weighted by Gasteiger charge is 2.11. The zero-order chi connectivity index (χ0) is 12.5. The molecule has 0 unspecified atom stereocenters. The van der Waals surface area contributed by atoms with E-state index >= 15 is 0 Å². The largest absolute Gasteiger partial charge is 0.370 e. The number of hydrogen-bond acceptors (Lipinski definition) is 3. The van der Waals surface area contributed by atoms with Crippen molar-refractivity contribution in [3.8, 4) is 0 Å². The molecule has 1 fully saturated rings. The molecule has 0 saturated carbocycles. The van der Waals surface area contributed by atoms with Crippen LogP contribution in [-0.2, 0) is 4.79 Å². The standard InChI is InChI=1S/C11H22N4OS/c1-2-4-13-10(16)3-5-14-11(12)15-6-8-17-9-7-15/h2-9H2,1H3,(H2,12,14)(H,13,16). The summed E-state index contributed by atoms with van der Waals surface area (Å²) >= 11 is 1.94. The zero-order valence-electron chi connectivity index (χ0n) is 10.4. The van der Waals surface area contributed by atoms with Gasteiger partial charge in [0, 0.05) is 37.6 Å². The molecule has 0 aromatic heterocycles. The van der Waals surface area contributed by atoms with Crippen molar-refractivity contribution in [3.05, 3.63) is 0 Å². The van der Waals surface area contributed by atoms with Crippen molar-refractivity contribution < 1.29 is 4.79 Å². The van der Waals surface area contributed by atoms with Crippen LogP contribution in [-0.4, -0.2) is 54.5 Å². The average molecular weight is 258 g/mol. The first-order valence-corrected chi connectivity index (χ1v) is 7.28. The van der Waals surface area contributed by atoms with Crippen molar-refractivity contribution in [1.82, 2.24) is 10.2 Å². The van der Waals surface area contributed by atoms with E-state index in [9.17, 15) is 4.79 Å². The number of guanidine groups is 1. The van der Waals surface area contributed by atoms with E-state index < -0.39 is 0 Å². The fourth-order valence-corrected chi connectivity index (χ4v) is 2.42. The SMILES string of the molecule is CCCNC(=O)CCN=C(N)N1CCSCC1. The number of nitrogens with one attached hydrogen (secondary N) is 1. The van der Waals surface area contributed by atoms with Crippen LogP contribution in [0.4, 0.5) is 0 Å². The Bertz CT molecular complexity index is 264. The third-order valence-corrected chi connectivity index (χ3v) is 3.46. The lowest BCUT2D eigenvalue weighted by atomic mass is 10.4. The summed E-state index contributed by atoms with van der Waals surface area (Å²) < 4.78 is 0. The molecule has 0 radical (unpaired) electrons. The van der Waals surface area contributed by atoms with Gasteiger partial charge in [-0.1, -0.05) is 6.92 Å². The highest BCUT2D eigenvalue weighted by molar-refractivity contribution is 7.99. The molecule has 98 valence electrons. The highest BCUT2D eigenvalue weighted by Crippen LogP contribution is 2.08. The van der Waals surface area contributed by atoms with Crippen LogP contribution in [0, 0.1) is 0 Å². The molecule has 0 aromatic rings. The molecular formula is C11H22N4OS. The Morgan fingerprint density at radius 1 is 1.47 bits per heavy atom. The van der Waals surface area contributed by atoms with Crippen molar-refractivity contribution in [2.24, 2.45) is 10.7 Å². The third-order valence-electron chi connectivity index (χ3n) is 2.52. The predicted octanol–water partition coefficient (Wildman–Crippen LogP) is 0.266. The van der Waals surface area contributed by atoms with E-state index in [0.29, 0.717) is 18.9 Å². The van der Waals surface area contributed by atoms with E-state index in [2.05, 4.69) is 15.2 Å². The summed E-state index contributed by atoms with van der Waals surface area (Å²) in [5, 5.41) is 2.82. The number of nitrogens with two attached hydrogens (primary N) is 1. The minimum Gasteiger partial charge on any atom is -0.370 e. The maximum absolute atomic E-state index is 11.3. The molecule has 0 bridgehead atoms. The molecule has 5 nitrogen and oxygen atoms in total. The van der Waals surface area contributed by atoms with E-state index in [1.54, 1.807) is 0 Å². The number of aliphatic imine (C=N–C) groups is 1. The summed E-state index contributed by atoms with van der Waals surface area (Å²) in [6.45, 7) is 5.17. The van der Waals surface area contributed by atoms with Gasteiger partial charge in [0.1, 0.15) is 0 Å². The Balaban J connectivity index is 2.20. The Hall–Kier alpha value is -0.910. The normalized spacial score (nSPS) is 17.0. The van der Waals surface area contributed by atoms with Gasteiger partial charge in [-0.25, -0.2) is 0 Å². The molecule has 1 saturated heterocycles. The summed E-state index contributed by atoms with van der Waals surface area (Å²) in [6, 6.07) is 0. The second-order valence-corrected chi connectivity index (χ2v) is 5.16. The molecule has 17 heavy (non-hydrogen) atoms. The molecule has 0 spiro atoms. The quantitative estimate of drug-likeness (QED) is 0.548. The van der Waals surface area contributed by atoms with Gasteiger partial charge in [-0.05, 0) is 6.42 Å². The van der Waals surface area contributed by atoms with Crippen LogP contribution in [0.2, 0.25) is 0 Å². The Kier molecular flexibility index (Phi) is 6.84. The number of hydrogen-bond donors (Lipinski definition) is 2. The number of carbonyl (C=O) groups is 1. The van der Waals surface area contributed by atoms with Gasteiger partial charge in [0.25, 0.3) is 0 Å². The minimum absolute atomic E-state index is 0.0533. The van der Waals surface area contributed by atoms with E-state index in [-0.39, 0.29) is 5.91 Å². The first kappa shape index (κ1) is 14.2. The highest BCUT2D eigenvalue weighted by atomic mass is 32.2. The van der Waals surface area contributed by atoms with Crippen LogP contribution < -0.4 is 11.1 Å². The molecule has 1 aliphatic heterocycles. The van der Waals surface area contributed by atoms with Crippen LogP contribution in [0.1, 0.15) is 19.8 Å². The smallest absolute Gasteiger partial charge is 0.221 e. The molecule has 3 N–H and O–H groups in total. The van der Waals surface area contributed by atoms with Crippen molar-refractivity contribution in [2.75, 3.05) is 37.7 Å². The Morgan fingerprint density at radius 2 is 2.18 bits per heavy atom. The molecule has 1 amide bonds. The molecule has 6 heteroatoms. The van der Waals surface area contributed by atoms with E-state index in [0.717, 1.165) is 37.6 Å². The zero-order valence-corrected chi connectivity index (χ0v) is 11.3. The number of rotatable bonds is 5. The van der Waals surface area contributed by atoms with Crippen LogP contribution in [0.3, 0.4) is 0 Å². The maximum atomic E-state index is 11.3. The van der Waals surface area contributed by atoms with E-state index in [1.807, 2.05) is 18.7 Å². The molecule has 1 rings (SSSR count). The summed E-state index contributed by atoms with van der Waals surface area (Å²) in [4.78, 5) is 17.7. The molecular weight excluding hydrogens is 236 g/mol. The van der Waals surface area contributed by atoms with E-state index in [4.69, 9.17) is 5.73 Å². The molecule has 0 atom stereocenters. The van der Waals surface area contributed by atoms with Gasteiger partial charge in [-0.15, -0.1) is 0 Å². The average Bonchev–Trinajstić information content (AvgIpc) is 2.37. The lowest BCUT2D eigenvalue weighted by Crippen LogP contribution is -2.42. The van der Waals surface area contributed by atoms with Gasteiger partial charge < -0.3 is 16.0 Å². The summed E-state index contributed by atoms with van der Waals surface area (Å²) in [5.74, 6) is 2.84.